The fourth-order valence-corrected chi connectivity index (χ4v) is 2.33. The van der Waals surface area contributed by atoms with Crippen LogP contribution < -0.4 is 10.1 Å². The average Bonchev–Trinajstić information content (AvgIpc) is 2.55. The summed E-state index contributed by atoms with van der Waals surface area (Å²) in [6, 6.07) is 2.73. The third-order valence-corrected chi connectivity index (χ3v) is 4.01. The number of alkyl halides is 4. The lowest BCUT2D eigenvalue weighted by molar-refractivity contribution is -0.148. The van der Waals surface area contributed by atoms with Crippen LogP contribution in [0.15, 0.2) is 18.3 Å². The number of hydrogen-bond acceptors (Lipinski definition) is 4. The molecule has 1 N–H and O–H groups in total. The first kappa shape index (κ1) is 21.4. The Morgan fingerprint density at radius 3 is 2.68 bits per heavy atom. The first-order valence-corrected chi connectivity index (χ1v) is 7.51. The highest BCUT2D eigenvalue weighted by Gasteiger charge is 2.41. The van der Waals surface area contributed by atoms with E-state index in [2.05, 4.69) is 15.0 Å². The van der Waals surface area contributed by atoms with Gasteiger partial charge in [0.25, 0.3) is 5.91 Å². The molecule has 0 bridgehead atoms. The van der Waals surface area contributed by atoms with E-state index in [1.807, 2.05) is 13.8 Å². The highest BCUT2D eigenvalue weighted by Crippen LogP contribution is 2.24. The Bertz CT molecular complexity index is 574. The van der Waals surface area contributed by atoms with Gasteiger partial charge in [-0.25, -0.2) is 13.8 Å². The van der Waals surface area contributed by atoms with E-state index in [1.54, 1.807) is 4.90 Å². The van der Waals surface area contributed by atoms with E-state index < -0.39 is 19.0 Å². The molecule has 1 fully saturated rings. The van der Waals surface area contributed by atoms with Gasteiger partial charge in [0.05, 0.1) is 5.56 Å². The van der Waals surface area contributed by atoms with Gasteiger partial charge in [0.1, 0.15) is 0 Å². The Balaban J connectivity index is 0.00000312. The molecule has 1 aliphatic heterocycles. The second kappa shape index (κ2) is 8.66. The molecular formula is C15H20ClF4N3O2. The van der Waals surface area contributed by atoms with Crippen molar-refractivity contribution in [2.75, 3.05) is 19.7 Å². The van der Waals surface area contributed by atoms with Gasteiger partial charge in [0.15, 0.2) is 6.61 Å². The van der Waals surface area contributed by atoms with Crippen LogP contribution in [-0.4, -0.2) is 59.9 Å². The number of nitrogens with one attached hydrogen (secondary N) is 1. The second-order valence-electron chi connectivity index (χ2n) is 5.72. The van der Waals surface area contributed by atoms with Crippen molar-refractivity contribution < 1.29 is 27.1 Å². The third kappa shape index (κ3) is 5.18. The van der Waals surface area contributed by atoms with E-state index >= 15 is 0 Å². The zero-order valence-electron chi connectivity index (χ0n) is 13.7. The van der Waals surface area contributed by atoms with Crippen molar-refractivity contribution in [2.45, 2.75) is 38.3 Å². The number of nitrogens with zero attached hydrogens (tertiary/aromatic N) is 2. The summed E-state index contributed by atoms with van der Waals surface area (Å²) >= 11 is 0. The van der Waals surface area contributed by atoms with E-state index in [1.165, 1.54) is 18.3 Å². The molecule has 0 radical (unpaired) electrons. The molecule has 0 aliphatic carbocycles. The van der Waals surface area contributed by atoms with Crippen LogP contribution in [-0.2, 0) is 0 Å². The number of halogens is 5. The molecule has 1 aromatic rings. The fourth-order valence-electron chi connectivity index (χ4n) is 2.33. The van der Waals surface area contributed by atoms with Crippen LogP contribution in [0.4, 0.5) is 17.6 Å². The molecule has 25 heavy (non-hydrogen) atoms. The summed E-state index contributed by atoms with van der Waals surface area (Å²) in [5.41, 5.74) is 0.281. The quantitative estimate of drug-likeness (QED) is 0.792. The maximum Gasteiger partial charge on any atom is 0.340 e. The Hall–Kier alpha value is -1.61. The molecule has 2 heterocycles. The zero-order chi connectivity index (χ0) is 17.9. The molecule has 0 spiro atoms. The molecule has 0 aromatic carbocycles. The van der Waals surface area contributed by atoms with Gasteiger partial charge >= 0.3 is 12.3 Å². The first-order chi connectivity index (χ1) is 11.2. The zero-order valence-corrected chi connectivity index (χ0v) is 14.5. The number of aromatic nitrogens is 1. The lowest BCUT2D eigenvalue weighted by Gasteiger charge is -2.38. The third-order valence-electron chi connectivity index (χ3n) is 4.01. The van der Waals surface area contributed by atoms with Crippen LogP contribution in [0.25, 0.3) is 0 Å². The van der Waals surface area contributed by atoms with E-state index in [4.69, 9.17) is 0 Å². The van der Waals surface area contributed by atoms with E-state index in [-0.39, 0.29) is 41.8 Å². The number of hydrogen-bond donors (Lipinski definition) is 1. The molecule has 1 aromatic heterocycles. The number of ether oxygens (including phenoxy) is 1. The van der Waals surface area contributed by atoms with Crippen LogP contribution in [0.3, 0.4) is 0 Å². The fraction of sp³-hybridized carbons (Fsp3) is 0.600. The molecule has 0 saturated carbocycles. The normalized spacial score (nSPS) is 21.0. The highest BCUT2D eigenvalue weighted by molar-refractivity contribution is 5.94. The van der Waals surface area contributed by atoms with Gasteiger partial charge < -0.3 is 15.0 Å². The minimum absolute atomic E-state index is 0. The topological polar surface area (TPSA) is 54.5 Å². The molecule has 1 saturated heterocycles. The van der Waals surface area contributed by atoms with Crippen molar-refractivity contribution in [3.8, 4) is 5.88 Å². The van der Waals surface area contributed by atoms with Crippen LogP contribution in [0, 0.1) is 0 Å². The van der Waals surface area contributed by atoms with Crippen molar-refractivity contribution in [3.63, 3.8) is 0 Å². The van der Waals surface area contributed by atoms with Gasteiger partial charge in [-0.1, -0.05) is 0 Å². The minimum Gasteiger partial charge on any atom is -0.471 e. The molecule has 142 valence electrons. The summed E-state index contributed by atoms with van der Waals surface area (Å²) in [6.07, 6.45) is -2.62. The largest absolute Gasteiger partial charge is 0.471 e. The molecule has 1 amide bonds. The SMILES string of the molecule is CC1NCCN(C(=O)c2ccc(OCC(F)(F)C(F)F)nc2)C1C.Cl. The van der Waals surface area contributed by atoms with E-state index in [0.717, 1.165) is 0 Å². The van der Waals surface area contributed by atoms with Crippen molar-refractivity contribution in [1.29, 1.82) is 0 Å². The van der Waals surface area contributed by atoms with Crippen LogP contribution in [0.2, 0.25) is 0 Å². The highest BCUT2D eigenvalue weighted by atomic mass is 35.5. The Morgan fingerprint density at radius 2 is 2.12 bits per heavy atom. The van der Waals surface area contributed by atoms with Gasteiger partial charge in [-0.3, -0.25) is 4.79 Å². The lowest BCUT2D eigenvalue weighted by atomic mass is 10.1. The second-order valence-corrected chi connectivity index (χ2v) is 5.72. The number of rotatable bonds is 5. The summed E-state index contributed by atoms with van der Waals surface area (Å²) in [7, 11) is 0. The summed E-state index contributed by atoms with van der Waals surface area (Å²) in [4.78, 5) is 17.9. The van der Waals surface area contributed by atoms with Crippen molar-refractivity contribution in [1.82, 2.24) is 15.2 Å². The number of piperazine rings is 1. The Labute approximate surface area is 149 Å². The summed E-state index contributed by atoms with van der Waals surface area (Å²) in [5.74, 6) is -4.72. The molecule has 2 unspecified atom stereocenters. The number of pyridine rings is 1. The summed E-state index contributed by atoms with van der Waals surface area (Å²) < 4.78 is 54.3. The van der Waals surface area contributed by atoms with Gasteiger partial charge in [-0.15, -0.1) is 12.4 Å². The molecule has 2 atom stereocenters. The van der Waals surface area contributed by atoms with E-state index in [0.29, 0.717) is 13.1 Å². The predicted octanol–water partition coefficient (Wildman–Crippen LogP) is 2.61. The molecule has 2 rings (SSSR count). The average molecular weight is 386 g/mol. The van der Waals surface area contributed by atoms with Crippen LogP contribution >= 0.6 is 12.4 Å². The minimum atomic E-state index is -4.25. The van der Waals surface area contributed by atoms with Crippen molar-refractivity contribution in [3.05, 3.63) is 23.9 Å². The molecule has 10 heteroatoms. The summed E-state index contributed by atoms with van der Waals surface area (Å²) in [6.45, 7) is 3.64. The smallest absolute Gasteiger partial charge is 0.340 e. The molecule has 5 nitrogen and oxygen atoms in total. The van der Waals surface area contributed by atoms with Crippen molar-refractivity contribution >= 4 is 18.3 Å². The first-order valence-electron chi connectivity index (χ1n) is 7.51. The molecular weight excluding hydrogens is 366 g/mol. The van der Waals surface area contributed by atoms with Gasteiger partial charge in [0.2, 0.25) is 5.88 Å². The maximum absolute atomic E-state index is 12.8. The monoisotopic (exact) mass is 385 g/mol. The molecule has 1 aliphatic rings. The Morgan fingerprint density at radius 1 is 1.44 bits per heavy atom. The lowest BCUT2D eigenvalue weighted by Crippen LogP contribution is -2.57. The van der Waals surface area contributed by atoms with E-state index in [9.17, 15) is 22.4 Å². The van der Waals surface area contributed by atoms with Gasteiger partial charge in [-0.2, -0.15) is 8.78 Å². The number of carbonyl (C=O) groups excluding carboxylic acids is 1. The van der Waals surface area contributed by atoms with Crippen LogP contribution in [0.5, 0.6) is 5.88 Å². The predicted molar refractivity (Wildman–Crippen MR) is 85.9 cm³/mol. The van der Waals surface area contributed by atoms with Crippen molar-refractivity contribution in [2.24, 2.45) is 0 Å². The van der Waals surface area contributed by atoms with Crippen LogP contribution in [0.1, 0.15) is 24.2 Å². The standard InChI is InChI=1S/C15H19F4N3O2.ClH/c1-9-10(2)22(6-5-20-9)13(23)11-3-4-12(21-7-11)24-8-15(18,19)14(16)17;/h3-4,7,9-10,14,20H,5-6,8H2,1-2H3;1H. The van der Waals surface area contributed by atoms with Gasteiger partial charge in [0, 0.05) is 37.4 Å². The van der Waals surface area contributed by atoms with Gasteiger partial charge in [-0.05, 0) is 19.9 Å². The Kier molecular flexibility index (Phi) is 7.43. The summed E-state index contributed by atoms with van der Waals surface area (Å²) in [5, 5.41) is 3.26. The number of amides is 1. The number of carbonyl (C=O) groups is 1. The maximum atomic E-state index is 12.8.